The minimum atomic E-state index is -0.196. The quantitative estimate of drug-likeness (QED) is 0.839. The van der Waals surface area contributed by atoms with E-state index in [-0.39, 0.29) is 6.10 Å². The number of thiazole rings is 1. The highest BCUT2D eigenvalue weighted by Gasteiger charge is 2.02. The molecule has 0 aliphatic heterocycles. The number of aryl methyl sites for hydroxylation is 1. The van der Waals surface area contributed by atoms with Crippen LogP contribution in [0.25, 0.3) is 4.96 Å². The third-order valence-corrected chi connectivity index (χ3v) is 2.97. The molecule has 0 amide bonds. The number of rotatable bonds is 4. The summed E-state index contributed by atoms with van der Waals surface area (Å²) in [5, 5.41) is 11.1. The van der Waals surface area contributed by atoms with Gasteiger partial charge in [0.15, 0.2) is 4.96 Å². The molecule has 1 unspecified atom stereocenters. The maximum absolute atomic E-state index is 9.11. The van der Waals surface area contributed by atoms with Crippen LogP contribution in [0.5, 0.6) is 0 Å². The van der Waals surface area contributed by atoms with E-state index in [4.69, 9.17) is 5.11 Å². The van der Waals surface area contributed by atoms with Crippen LogP contribution >= 0.6 is 11.3 Å². The molecule has 2 aromatic heterocycles. The zero-order valence-corrected chi connectivity index (χ0v) is 9.00. The summed E-state index contributed by atoms with van der Waals surface area (Å²) in [4.78, 5) is 5.52. The normalized spacial score (nSPS) is 13.6. The van der Waals surface area contributed by atoms with Gasteiger partial charge < -0.3 is 5.11 Å². The van der Waals surface area contributed by atoms with E-state index in [2.05, 4.69) is 11.2 Å². The van der Waals surface area contributed by atoms with Gasteiger partial charge in [0.1, 0.15) is 0 Å². The summed E-state index contributed by atoms with van der Waals surface area (Å²) in [7, 11) is 0. The van der Waals surface area contributed by atoms with Crippen molar-refractivity contribution in [2.45, 2.75) is 32.3 Å². The molecule has 76 valence electrons. The Morgan fingerprint density at radius 3 is 3.21 bits per heavy atom. The lowest BCUT2D eigenvalue weighted by atomic mass is 10.1. The minimum Gasteiger partial charge on any atom is -0.393 e. The lowest BCUT2D eigenvalue weighted by Crippen LogP contribution is -1.99. The Labute approximate surface area is 87.0 Å². The third-order valence-electron chi connectivity index (χ3n) is 2.20. The molecule has 0 saturated carbocycles. The third kappa shape index (κ3) is 2.13. The van der Waals surface area contributed by atoms with Crippen molar-refractivity contribution in [3.05, 3.63) is 23.5 Å². The van der Waals surface area contributed by atoms with Crippen molar-refractivity contribution in [2.75, 3.05) is 0 Å². The van der Waals surface area contributed by atoms with Crippen LogP contribution in [0.1, 0.15) is 25.5 Å². The van der Waals surface area contributed by atoms with Gasteiger partial charge in [0.05, 0.1) is 11.8 Å². The molecule has 2 rings (SSSR count). The summed E-state index contributed by atoms with van der Waals surface area (Å²) in [5.74, 6) is 0. The fraction of sp³-hybridized carbons (Fsp3) is 0.500. The van der Waals surface area contributed by atoms with Crippen molar-refractivity contribution in [1.82, 2.24) is 9.38 Å². The van der Waals surface area contributed by atoms with Crippen molar-refractivity contribution >= 4 is 16.3 Å². The number of aromatic nitrogens is 2. The van der Waals surface area contributed by atoms with Crippen molar-refractivity contribution in [1.29, 1.82) is 0 Å². The van der Waals surface area contributed by atoms with E-state index in [1.54, 1.807) is 11.3 Å². The second-order valence-corrected chi connectivity index (χ2v) is 4.44. The van der Waals surface area contributed by atoms with Gasteiger partial charge in [-0.05, 0) is 26.2 Å². The van der Waals surface area contributed by atoms with Crippen molar-refractivity contribution in [3.63, 3.8) is 0 Å². The molecule has 1 atom stereocenters. The second-order valence-electron chi connectivity index (χ2n) is 3.57. The average molecular weight is 210 g/mol. The van der Waals surface area contributed by atoms with Crippen LogP contribution in [-0.4, -0.2) is 20.6 Å². The second kappa shape index (κ2) is 4.11. The van der Waals surface area contributed by atoms with Crippen LogP contribution in [0.15, 0.2) is 17.8 Å². The number of nitrogens with zero attached hydrogens (tertiary/aromatic N) is 2. The molecule has 0 fully saturated rings. The maximum atomic E-state index is 9.11. The van der Waals surface area contributed by atoms with Crippen LogP contribution in [0.3, 0.4) is 0 Å². The van der Waals surface area contributed by atoms with Crippen LogP contribution in [-0.2, 0) is 6.42 Å². The highest BCUT2D eigenvalue weighted by Crippen LogP contribution is 2.13. The van der Waals surface area contributed by atoms with Gasteiger partial charge in [-0.3, -0.25) is 4.40 Å². The van der Waals surface area contributed by atoms with Gasteiger partial charge in [0.2, 0.25) is 0 Å². The zero-order chi connectivity index (χ0) is 9.97. The summed E-state index contributed by atoms with van der Waals surface area (Å²) in [6.45, 7) is 1.83. The Morgan fingerprint density at radius 2 is 2.50 bits per heavy atom. The number of hydrogen-bond donors (Lipinski definition) is 1. The lowest BCUT2D eigenvalue weighted by Gasteiger charge is -2.00. The van der Waals surface area contributed by atoms with Crippen molar-refractivity contribution in [2.24, 2.45) is 0 Å². The Morgan fingerprint density at radius 1 is 1.64 bits per heavy atom. The Hall–Kier alpha value is -0.870. The van der Waals surface area contributed by atoms with E-state index in [1.165, 1.54) is 0 Å². The predicted molar refractivity (Wildman–Crippen MR) is 57.7 cm³/mol. The van der Waals surface area contributed by atoms with E-state index in [9.17, 15) is 0 Å². The molecule has 2 heterocycles. The molecule has 2 aromatic rings. The standard InChI is InChI=1S/C10H14N2OS/c1-8(13)3-2-4-9-7-12-5-6-14-10(12)11-9/h5-8,13H,2-4H2,1H3. The highest BCUT2D eigenvalue weighted by atomic mass is 32.1. The van der Waals surface area contributed by atoms with E-state index >= 15 is 0 Å². The number of imidazole rings is 1. The van der Waals surface area contributed by atoms with Gasteiger partial charge in [0.25, 0.3) is 0 Å². The molecule has 0 aliphatic rings. The van der Waals surface area contributed by atoms with Crippen molar-refractivity contribution < 1.29 is 5.11 Å². The number of aliphatic hydroxyl groups excluding tert-OH is 1. The number of fused-ring (bicyclic) bond motifs is 1. The summed E-state index contributed by atoms with van der Waals surface area (Å²) >= 11 is 1.65. The van der Waals surface area contributed by atoms with Gasteiger partial charge >= 0.3 is 0 Å². The van der Waals surface area contributed by atoms with Crippen LogP contribution in [0.4, 0.5) is 0 Å². The van der Waals surface area contributed by atoms with E-state index in [1.807, 2.05) is 22.9 Å². The summed E-state index contributed by atoms with van der Waals surface area (Å²) < 4.78 is 2.04. The predicted octanol–water partition coefficient (Wildman–Crippen LogP) is 2.10. The smallest absolute Gasteiger partial charge is 0.193 e. The number of hydrogen-bond acceptors (Lipinski definition) is 3. The summed E-state index contributed by atoms with van der Waals surface area (Å²) in [6.07, 6.45) is 6.70. The van der Waals surface area contributed by atoms with Gasteiger partial charge in [0, 0.05) is 17.8 Å². The van der Waals surface area contributed by atoms with E-state index in [0.717, 1.165) is 29.9 Å². The maximum Gasteiger partial charge on any atom is 0.193 e. The minimum absolute atomic E-state index is 0.196. The summed E-state index contributed by atoms with van der Waals surface area (Å²) in [6, 6.07) is 0. The van der Waals surface area contributed by atoms with Gasteiger partial charge in [-0.1, -0.05) is 0 Å². The molecule has 0 aliphatic carbocycles. The van der Waals surface area contributed by atoms with Gasteiger partial charge in [-0.15, -0.1) is 11.3 Å². The van der Waals surface area contributed by atoms with Crippen LogP contribution in [0.2, 0.25) is 0 Å². The molecule has 0 saturated heterocycles. The molecule has 0 spiro atoms. The molecule has 3 nitrogen and oxygen atoms in total. The topological polar surface area (TPSA) is 37.5 Å². The average Bonchev–Trinajstić information content (AvgIpc) is 2.62. The SMILES string of the molecule is CC(O)CCCc1cn2ccsc2n1. The molecule has 0 aromatic carbocycles. The van der Waals surface area contributed by atoms with Crippen LogP contribution in [0, 0.1) is 0 Å². The molecule has 14 heavy (non-hydrogen) atoms. The molecule has 0 radical (unpaired) electrons. The largest absolute Gasteiger partial charge is 0.393 e. The molecule has 0 bridgehead atoms. The Bertz CT molecular complexity index is 376. The number of aliphatic hydroxyl groups is 1. The van der Waals surface area contributed by atoms with Crippen LogP contribution < -0.4 is 0 Å². The first-order chi connectivity index (χ1) is 6.75. The fourth-order valence-corrected chi connectivity index (χ4v) is 2.19. The first kappa shape index (κ1) is 9.68. The van der Waals surface area contributed by atoms with E-state index in [0.29, 0.717) is 0 Å². The monoisotopic (exact) mass is 210 g/mol. The van der Waals surface area contributed by atoms with Crippen molar-refractivity contribution in [3.8, 4) is 0 Å². The molecule has 1 N–H and O–H groups in total. The fourth-order valence-electron chi connectivity index (χ4n) is 1.48. The Balaban J connectivity index is 1.95. The van der Waals surface area contributed by atoms with Gasteiger partial charge in [-0.2, -0.15) is 0 Å². The Kier molecular flexibility index (Phi) is 2.84. The lowest BCUT2D eigenvalue weighted by molar-refractivity contribution is 0.181. The summed E-state index contributed by atoms with van der Waals surface area (Å²) in [5.41, 5.74) is 1.12. The van der Waals surface area contributed by atoms with Gasteiger partial charge in [-0.25, -0.2) is 4.98 Å². The zero-order valence-electron chi connectivity index (χ0n) is 8.18. The molecular weight excluding hydrogens is 196 g/mol. The molecule has 4 heteroatoms. The highest BCUT2D eigenvalue weighted by molar-refractivity contribution is 7.15. The first-order valence-corrected chi connectivity index (χ1v) is 5.73. The van der Waals surface area contributed by atoms with E-state index < -0.39 is 0 Å². The molecular formula is C10H14N2OS. The first-order valence-electron chi connectivity index (χ1n) is 4.85.